The van der Waals surface area contributed by atoms with Crippen LogP contribution in [-0.4, -0.2) is 82.7 Å². The predicted molar refractivity (Wildman–Crippen MR) is 87.8 cm³/mol. The molecule has 25 heavy (non-hydrogen) atoms. The topological polar surface area (TPSA) is 116 Å². The van der Waals surface area contributed by atoms with Crippen molar-refractivity contribution in [1.82, 2.24) is 15.1 Å². The third kappa shape index (κ3) is 3.26. The maximum absolute atomic E-state index is 12.1. The summed E-state index contributed by atoms with van der Waals surface area (Å²) in [5.41, 5.74) is -1.32. The number of piperidine rings is 1. The second kappa shape index (κ2) is 7.11. The Kier molecular flexibility index (Phi) is 5.07. The van der Waals surface area contributed by atoms with Crippen molar-refractivity contribution in [3.05, 3.63) is 0 Å². The highest BCUT2D eigenvalue weighted by atomic mass is 32.2. The first-order valence-corrected chi connectivity index (χ1v) is 9.30. The van der Waals surface area contributed by atoms with E-state index in [2.05, 4.69) is 5.32 Å². The molecule has 3 aliphatic rings. The van der Waals surface area contributed by atoms with Gasteiger partial charge in [0, 0.05) is 25.4 Å². The van der Waals surface area contributed by atoms with Crippen molar-refractivity contribution in [1.29, 1.82) is 0 Å². The highest BCUT2D eigenvalue weighted by molar-refractivity contribution is 8.00. The lowest BCUT2D eigenvalue weighted by atomic mass is 9.88. The number of carbonyl (C=O) groups is 4. The lowest BCUT2D eigenvalue weighted by Gasteiger charge is -2.53. The van der Waals surface area contributed by atoms with Crippen LogP contribution in [-0.2, 0) is 19.1 Å². The summed E-state index contributed by atoms with van der Waals surface area (Å²) in [4.78, 5) is 49.6. The maximum atomic E-state index is 12.1. The molecule has 3 heterocycles. The molecule has 3 atom stereocenters. The molecule has 138 valence electrons. The highest BCUT2D eigenvalue weighted by Crippen LogP contribution is 2.42. The van der Waals surface area contributed by atoms with Crippen LogP contribution in [0.4, 0.5) is 4.79 Å². The molecule has 2 unspecified atom stereocenters. The number of nitrogens with zero attached hydrogens (tertiary/aromatic N) is 2. The summed E-state index contributed by atoms with van der Waals surface area (Å²) in [6, 6.07) is -0.606. The number of thioether (sulfide) groups is 1. The van der Waals surface area contributed by atoms with E-state index in [0.717, 1.165) is 19.3 Å². The van der Waals surface area contributed by atoms with Gasteiger partial charge >= 0.3 is 12.1 Å². The Morgan fingerprint density at radius 1 is 1.36 bits per heavy atom. The van der Waals surface area contributed by atoms with Crippen LogP contribution >= 0.6 is 11.8 Å². The average molecular weight is 371 g/mol. The fourth-order valence-electron chi connectivity index (χ4n) is 3.37. The fourth-order valence-corrected chi connectivity index (χ4v) is 4.90. The van der Waals surface area contributed by atoms with Gasteiger partial charge in [0.15, 0.2) is 0 Å². The number of nitrogens with one attached hydrogen (secondary N) is 1. The molecular weight excluding hydrogens is 350 g/mol. The maximum Gasteiger partial charge on any atom is 0.409 e. The molecule has 0 aromatic rings. The molecule has 3 saturated heterocycles. The van der Waals surface area contributed by atoms with Gasteiger partial charge in [0.25, 0.3) is 0 Å². The zero-order valence-corrected chi connectivity index (χ0v) is 14.5. The van der Waals surface area contributed by atoms with Gasteiger partial charge in [-0.25, -0.2) is 4.79 Å². The Labute approximate surface area is 149 Å². The monoisotopic (exact) mass is 371 g/mol. The lowest BCUT2D eigenvalue weighted by Crippen LogP contribution is -2.73. The Balaban J connectivity index is 1.61. The van der Waals surface area contributed by atoms with Crippen molar-refractivity contribution in [3.63, 3.8) is 0 Å². The van der Waals surface area contributed by atoms with Gasteiger partial charge in [-0.3, -0.25) is 14.4 Å². The number of carbonyl (C=O) groups excluding carboxylic acids is 3. The minimum Gasteiger partial charge on any atom is -0.481 e. The molecule has 3 aliphatic heterocycles. The number of fused-ring (bicyclic) bond motifs is 1. The lowest BCUT2D eigenvalue weighted by molar-refractivity contribution is -0.160. The summed E-state index contributed by atoms with van der Waals surface area (Å²) in [5.74, 6) is -1.19. The van der Waals surface area contributed by atoms with Crippen LogP contribution in [0.25, 0.3) is 0 Å². The van der Waals surface area contributed by atoms with Crippen molar-refractivity contribution in [2.75, 3.05) is 32.0 Å². The standard InChI is InChI=1S/C15H21N3O6S/c19-9-16-10-11(20)18-6-15(13(21)22,8-25-12(10)18)7-24-14(23)17-4-2-1-3-5-17/h9-10,12H,1-8H2,(H,16,19)(H,21,22)/t10?,12-,15?/m1/s1. The molecule has 9 nitrogen and oxygen atoms in total. The van der Waals surface area contributed by atoms with Crippen LogP contribution in [0.1, 0.15) is 19.3 Å². The number of likely N-dealkylation sites (tertiary alicyclic amines) is 1. The number of carboxylic acid groups (broad SMARTS) is 1. The van der Waals surface area contributed by atoms with Gasteiger partial charge < -0.3 is 25.0 Å². The van der Waals surface area contributed by atoms with E-state index in [0.29, 0.717) is 19.5 Å². The third-order valence-corrected chi connectivity index (χ3v) is 6.52. The van der Waals surface area contributed by atoms with E-state index in [4.69, 9.17) is 4.74 Å². The number of β-lactam (4-membered cyclic amide) rings is 1. The minimum absolute atomic E-state index is 0.0247. The van der Waals surface area contributed by atoms with Gasteiger partial charge in [-0.2, -0.15) is 0 Å². The van der Waals surface area contributed by atoms with Crippen molar-refractivity contribution in [2.45, 2.75) is 30.7 Å². The van der Waals surface area contributed by atoms with Crippen LogP contribution in [0.15, 0.2) is 0 Å². The van der Waals surface area contributed by atoms with E-state index in [1.807, 2.05) is 0 Å². The number of amides is 3. The van der Waals surface area contributed by atoms with E-state index in [9.17, 15) is 24.3 Å². The van der Waals surface area contributed by atoms with E-state index in [1.54, 1.807) is 4.90 Å². The van der Waals surface area contributed by atoms with E-state index in [1.165, 1.54) is 16.7 Å². The quantitative estimate of drug-likeness (QED) is 0.504. The predicted octanol–water partition coefficient (Wildman–Crippen LogP) is -0.290. The first kappa shape index (κ1) is 17.8. The molecule has 0 aromatic heterocycles. The van der Waals surface area contributed by atoms with Gasteiger partial charge in [0.05, 0.1) is 0 Å². The number of hydrogen-bond donors (Lipinski definition) is 2. The van der Waals surface area contributed by atoms with E-state index in [-0.39, 0.29) is 30.2 Å². The molecule has 0 radical (unpaired) electrons. The Morgan fingerprint density at radius 3 is 2.72 bits per heavy atom. The van der Waals surface area contributed by atoms with Gasteiger partial charge in [0.2, 0.25) is 12.3 Å². The normalized spacial score (nSPS) is 31.6. The smallest absolute Gasteiger partial charge is 0.409 e. The summed E-state index contributed by atoms with van der Waals surface area (Å²) in [5, 5.41) is 11.9. The molecule has 2 N–H and O–H groups in total. The molecular formula is C15H21N3O6S. The first-order chi connectivity index (χ1) is 12.0. The van der Waals surface area contributed by atoms with Crippen LogP contribution < -0.4 is 5.32 Å². The molecule has 0 aromatic carbocycles. The number of hydrogen-bond acceptors (Lipinski definition) is 6. The Hall–Kier alpha value is -1.97. The van der Waals surface area contributed by atoms with Crippen molar-refractivity contribution in [3.8, 4) is 0 Å². The van der Waals surface area contributed by atoms with Gasteiger partial charge in [0.1, 0.15) is 23.4 Å². The average Bonchev–Trinajstić information content (AvgIpc) is 2.64. The minimum atomic E-state index is -1.32. The van der Waals surface area contributed by atoms with E-state index < -0.39 is 23.5 Å². The van der Waals surface area contributed by atoms with Crippen molar-refractivity contribution >= 4 is 36.1 Å². The fraction of sp³-hybridized carbons (Fsp3) is 0.733. The van der Waals surface area contributed by atoms with Gasteiger partial charge in [-0.1, -0.05) is 0 Å². The summed E-state index contributed by atoms with van der Waals surface area (Å²) < 4.78 is 5.29. The molecule has 0 saturated carbocycles. The molecule has 0 aliphatic carbocycles. The number of aliphatic carboxylic acids is 1. The molecule has 0 bridgehead atoms. The number of carboxylic acids is 1. The zero-order chi connectivity index (χ0) is 18.0. The summed E-state index contributed by atoms with van der Waals surface area (Å²) in [7, 11) is 0. The van der Waals surface area contributed by atoms with Crippen LogP contribution in [0, 0.1) is 5.41 Å². The van der Waals surface area contributed by atoms with Crippen molar-refractivity contribution < 1.29 is 29.0 Å². The first-order valence-electron chi connectivity index (χ1n) is 8.25. The van der Waals surface area contributed by atoms with E-state index >= 15 is 0 Å². The molecule has 10 heteroatoms. The van der Waals surface area contributed by atoms with Crippen LogP contribution in [0.2, 0.25) is 0 Å². The molecule has 3 fully saturated rings. The Morgan fingerprint density at radius 2 is 2.08 bits per heavy atom. The van der Waals surface area contributed by atoms with Crippen LogP contribution in [0.5, 0.6) is 0 Å². The number of ether oxygens (including phenoxy) is 1. The second-order valence-electron chi connectivity index (χ2n) is 6.62. The zero-order valence-electron chi connectivity index (χ0n) is 13.7. The summed E-state index contributed by atoms with van der Waals surface area (Å²) >= 11 is 1.29. The summed E-state index contributed by atoms with van der Waals surface area (Å²) in [6.07, 6.45) is 2.89. The Bertz CT molecular complexity index is 582. The molecule has 3 amide bonds. The third-order valence-electron chi connectivity index (χ3n) is 4.93. The molecule has 0 spiro atoms. The second-order valence-corrected chi connectivity index (χ2v) is 7.72. The van der Waals surface area contributed by atoms with Gasteiger partial charge in [-0.15, -0.1) is 11.8 Å². The largest absolute Gasteiger partial charge is 0.481 e. The molecule has 3 rings (SSSR count). The van der Waals surface area contributed by atoms with Gasteiger partial charge in [-0.05, 0) is 19.3 Å². The number of rotatable bonds is 5. The van der Waals surface area contributed by atoms with Crippen LogP contribution in [0.3, 0.4) is 0 Å². The SMILES string of the molecule is O=CNC1C(=O)N2CC(COC(=O)N3CCCCC3)(C(=O)O)CS[C@H]12. The summed E-state index contributed by atoms with van der Waals surface area (Å²) in [6.45, 7) is 0.953. The highest BCUT2D eigenvalue weighted by Gasteiger charge is 2.57. The van der Waals surface area contributed by atoms with Crippen molar-refractivity contribution in [2.24, 2.45) is 5.41 Å².